The predicted octanol–water partition coefficient (Wildman–Crippen LogP) is 2.59. The van der Waals surface area contributed by atoms with Crippen LogP contribution in [0.4, 0.5) is 5.69 Å². The van der Waals surface area contributed by atoms with E-state index < -0.39 is 10.0 Å². The van der Waals surface area contributed by atoms with E-state index in [1.165, 1.54) is 11.4 Å². The number of carbonyl (C=O) groups is 1. The molecule has 2 aromatic carbocycles. The van der Waals surface area contributed by atoms with Crippen LogP contribution in [-0.4, -0.2) is 36.7 Å². The molecule has 28 heavy (non-hydrogen) atoms. The number of imidazole rings is 1. The summed E-state index contributed by atoms with van der Waals surface area (Å²) in [6.07, 6.45) is 5.26. The molecular weight excluding hydrogens is 376 g/mol. The van der Waals surface area contributed by atoms with E-state index in [9.17, 15) is 13.2 Å². The fraction of sp³-hybridized carbons (Fsp3) is 0.200. The van der Waals surface area contributed by atoms with Crippen LogP contribution in [0.25, 0.3) is 5.69 Å². The van der Waals surface area contributed by atoms with Crippen LogP contribution in [-0.2, 0) is 16.6 Å². The van der Waals surface area contributed by atoms with Crippen LogP contribution >= 0.6 is 0 Å². The molecule has 8 heteroatoms. The average Bonchev–Trinajstić information content (AvgIpc) is 3.26. The van der Waals surface area contributed by atoms with Gasteiger partial charge in [0, 0.05) is 31.5 Å². The maximum atomic E-state index is 12.5. The van der Waals surface area contributed by atoms with Crippen LogP contribution in [0.2, 0.25) is 0 Å². The fourth-order valence-corrected chi connectivity index (χ4v) is 3.60. The number of sulfonamides is 1. The van der Waals surface area contributed by atoms with E-state index in [1.807, 2.05) is 35.0 Å². The van der Waals surface area contributed by atoms with Crippen LogP contribution in [0.1, 0.15) is 22.8 Å². The second kappa shape index (κ2) is 8.26. The fourth-order valence-electron chi connectivity index (χ4n) is 2.77. The van der Waals surface area contributed by atoms with E-state index in [4.69, 9.17) is 0 Å². The summed E-state index contributed by atoms with van der Waals surface area (Å²) < 4.78 is 27.0. The molecule has 0 aliphatic carbocycles. The Morgan fingerprint density at radius 3 is 2.50 bits per heavy atom. The smallest absolute Gasteiger partial charge is 0.251 e. The maximum absolute atomic E-state index is 12.5. The van der Waals surface area contributed by atoms with Gasteiger partial charge in [0.25, 0.3) is 5.91 Å². The third-order valence-corrected chi connectivity index (χ3v) is 6.26. The van der Waals surface area contributed by atoms with Crippen LogP contribution in [0.5, 0.6) is 0 Å². The number of nitrogens with one attached hydrogen (secondary N) is 1. The number of hydrogen-bond acceptors (Lipinski definition) is 4. The lowest BCUT2D eigenvalue weighted by Crippen LogP contribution is -2.28. The summed E-state index contributed by atoms with van der Waals surface area (Å²) in [7, 11) is -1.83. The van der Waals surface area contributed by atoms with Gasteiger partial charge in [-0.25, -0.2) is 13.4 Å². The van der Waals surface area contributed by atoms with E-state index in [0.717, 1.165) is 11.3 Å². The van der Waals surface area contributed by atoms with Crippen molar-refractivity contribution >= 4 is 21.6 Å². The Balaban J connectivity index is 1.70. The largest absolute Gasteiger partial charge is 0.348 e. The number of anilines is 1. The number of rotatable bonds is 7. The molecule has 1 heterocycles. The summed E-state index contributed by atoms with van der Waals surface area (Å²) in [5.74, 6) is -0.213. The molecule has 0 unspecified atom stereocenters. The molecule has 0 atom stereocenters. The Kier molecular flexibility index (Phi) is 5.79. The number of benzene rings is 2. The van der Waals surface area contributed by atoms with Gasteiger partial charge in [-0.1, -0.05) is 18.2 Å². The van der Waals surface area contributed by atoms with Gasteiger partial charge in [-0.3, -0.25) is 9.10 Å². The van der Waals surface area contributed by atoms with Gasteiger partial charge >= 0.3 is 0 Å². The van der Waals surface area contributed by atoms with Crippen molar-refractivity contribution in [3.63, 3.8) is 0 Å². The first-order valence-corrected chi connectivity index (χ1v) is 10.4. The molecule has 7 nitrogen and oxygen atoms in total. The molecular formula is C20H22N4O3S. The first kappa shape index (κ1) is 19.6. The molecule has 146 valence electrons. The first-order valence-electron chi connectivity index (χ1n) is 8.83. The molecule has 0 spiro atoms. The monoisotopic (exact) mass is 398 g/mol. The van der Waals surface area contributed by atoms with E-state index in [-0.39, 0.29) is 11.7 Å². The van der Waals surface area contributed by atoms with E-state index in [1.54, 1.807) is 43.7 Å². The minimum Gasteiger partial charge on any atom is -0.348 e. The second-order valence-electron chi connectivity index (χ2n) is 6.20. The van der Waals surface area contributed by atoms with Gasteiger partial charge in [0.15, 0.2) is 0 Å². The van der Waals surface area contributed by atoms with Crippen molar-refractivity contribution < 1.29 is 13.2 Å². The summed E-state index contributed by atoms with van der Waals surface area (Å²) in [4.78, 5) is 16.5. The van der Waals surface area contributed by atoms with Crippen LogP contribution in [0, 0.1) is 0 Å². The SMILES string of the molecule is CCS(=O)(=O)N(C)c1ccc(C(=O)NCc2ccccc2-n2ccnc2)cc1. The average molecular weight is 398 g/mol. The molecule has 0 saturated heterocycles. The van der Waals surface area contributed by atoms with Crippen LogP contribution in [0.3, 0.4) is 0 Å². The second-order valence-corrected chi connectivity index (χ2v) is 8.49. The highest BCUT2D eigenvalue weighted by Crippen LogP contribution is 2.18. The number of aromatic nitrogens is 2. The quantitative estimate of drug-likeness (QED) is 0.663. The Morgan fingerprint density at radius 2 is 1.86 bits per heavy atom. The van der Waals surface area contributed by atoms with Crippen molar-refractivity contribution in [3.05, 3.63) is 78.4 Å². The standard InChI is InChI=1S/C20H22N4O3S/c1-3-28(26,27)23(2)18-10-8-16(9-11-18)20(25)22-14-17-6-4-5-7-19(17)24-13-12-21-15-24/h4-13,15H,3,14H2,1-2H3,(H,22,25). The summed E-state index contributed by atoms with van der Waals surface area (Å²) >= 11 is 0. The molecule has 0 aliphatic rings. The van der Waals surface area contributed by atoms with Crippen molar-refractivity contribution in [1.82, 2.24) is 14.9 Å². The van der Waals surface area contributed by atoms with Crippen LogP contribution in [0.15, 0.2) is 67.3 Å². The van der Waals surface area contributed by atoms with Gasteiger partial charge in [0.1, 0.15) is 0 Å². The lowest BCUT2D eigenvalue weighted by Gasteiger charge is -2.18. The summed E-state index contributed by atoms with van der Waals surface area (Å²) in [6, 6.07) is 14.2. The highest BCUT2D eigenvalue weighted by atomic mass is 32.2. The zero-order valence-corrected chi connectivity index (χ0v) is 16.6. The number of nitrogens with zero attached hydrogens (tertiary/aromatic N) is 3. The topological polar surface area (TPSA) is 84.3 Å². The van der Waals surface area contributed by atoms with Gasteiger partial charge in [0.2, 0.25) is 10.0 Å². The molecule has 1 amide bonds. The minimum atomic E-state index is -3.33. The third-order valence-electron chi connectivity index (χ3n) is 4.49. The summed E-state index contributed by atoms with van der Waals surface area (Å²) in [5, 5.41) is 2.90. The van der Waals surface area contributed by atoms with Gasteiger partial charge in [-0.2, -0.15) is 0 Å². The molecule has 0 bridgehead atoms. The maximum Gasteiger partial charge on any atom is 0.251 e. The molecule has 0 saturated carbocycles. The van der Waals surface area contributed by atoms with Crippen molar-refractivity contribution in [1.29, 1.82) is 0 Å². The highest BCUT2D eigenvalue weighted by Gasteiger charge is 2.16. The number of carbonyl (C=O) groups excluding carboxylic acids is 1. The lowest BCUT2D eigenvalue weighted by atomic mass is 10.1. The zero-order chi connectivity index (χ0) is 20.1. The zero-order valence-electron chi connectivity index (χ0n) is 15.7. The Hall–Kier alpha value is -3.13. The van der Waals surface area contributed by atoms with Crippen molar-refractivity contribution in [2.45, 2.75) is 13.5 Å². The van der Waals surface area contributed by atoms with Crippen molar-refractivity contribution in [3.8, 4) is 5.69 Å². The van der Waals surface area contributed by atoms with Crippen LogP contribution < -0.4 is 9.62 Å². The van der Waals surface area contributed by atoms with E-state index in [2.05, 4.69) is 10.3 Å². The van der Waals surface area contributed by atoms with Crippen molar-refractivity contribution in [2.75, 3.05) is 17.1 Å². The molecule has 0 fully saturated rings. The molecule has 0 aliphatic heterocycles. The Bertz CT molecular complexity index is 1050. The normalized spacial score (nSPS) is 11.2. The van der Waals surface area contributed by atoms with E-state index >= 15 is 0 Å². The van der Waals surface area contributed by atoms with Gasteiger partial charge in [0.05, 0.1) is 23.5 Å². The van der Waals surface area contributed by atoms with Gasteiger partial charge in [-0.05, 0) is 42.8 Å². The minimum absolute atomic E-state index is 0.0159. The van der Waals surface area contributed by atoms with Gasteiger partial charge < -0.3 is 9.88 Å². The molecule has 3 rings (SSSR count). The van der Waals surface area contributed by atoms with Crippen molar-refractivity contribution in [2.24, 2.45) is 0 Å². The molecule has 1 N–H and O–H groups in total. The summed E-state index contributed by atoms with van der Waals surface area (Å²) in [6.45, 7) is 1.95. The number of amides is 1. The molecule has 1 aromatic heterocycles. The Morgan fingerprint density at radius 1 is 1.14 bits per heavy atom. The predicted molar refractivity (Wildman–Crippen MR) is 109 cm³/mol. The summed E-state index contributed by atoms with van der Waals surface area (Å²) in [5.41, 5.74) is 2.89. The van der Waals surface area contributed by atoms with E-state index in [0.29, 0.717) is 17.8 Å². The highest BCUT2D eigenvalue weighted by molar-refractivity contribution is 7.92. The number of para-hydroxylation sites is 1. The van der Waals surface area contributed by atoms with Gasteiger partial charge in [-0.15, -0.1) is 0 Å². The molecule has 0 radical (unpaired) electrons. The molecule has 3 aromatic rings. The number of hydrogen-bond donors (Lipinski definition) is 1. The lowest BCUT2D eigenvalue weighted by molar-refractivity contribution is 0.0951. The first-order chi connectivity index (χ1) is 13.4. The Labute approximate surface area is 164 Å². The third kappa shape index (κ3) is 4.23.